The fourth-order valence-corrected chi connectivity index (χ4v) is 1.33. The van der Waals surface area contributed by atoms with Crippen molar-refractivity contribution in [3.8, 4) is 0 Å². The summed E-state index contributed by atoms with van der Waals surface area (Å²) in [5.74, 6) is -0.701. The highest BCUT2D eigenvalue weighted by Crippen LogP contribution is 2.21. The predicted octanol–water partition coefficient (Wildman–Crippen LogP) is 1.40. The number of nitrogens with zero attached hydrogens (tertiary/aromatic N) is 3. The Morgan fingerprint density at radius 3 is 2.94 bits per heavy atom. The second-order valence-corrected chi connectivity index (χ2v) is 3.41. The van der Waals surface area contributed by atoms with Crippen LogP contribution in [-0.4, -0.2) is 27.8 Å². The molecule has 1 heterocycles. The minimum atomic E-state index is -0.654. The number of aryl methyl sites for hydroxylation is 1. The molecule has 0 radical (unpaired) electrons. The van der Waals surface area contributed by atoms with Crippen molar-refractivity contribution in [1.82, 2.24) is 9.78 Å². The van der Waals surface area contributed by atoms with Gasteiger partial charge in [-0.25, -0.2) is 0 Å². The van der Waals surface area contributed by atoms with E-state index in [1.54, 1.807) is 0 Å². The van der Waals surface area contributed by atoms with Crippen molar-refractivity contribution >= 4 is 23.4 Å². The van der Waals surface area contributed by atoms with Gasteiger partial charge in [-0.3, -0.25) is 4.79 Å². The normalized spacial score (nSPS) is 10.1. The first kappa shape index (κ1) is 12.4. The largest absolute Gasteiger partial charge is 0.469 e. The molecule has 0 bridgehead atoms. The molecule has 16 heavy (non-hydrogen) atoms. The SMILES string of the molecule is COC(=O)CCCn1cc(Cl)c([N+](=O)[O-])n1. The van der Waals surface area contributed by atoms with Crippen molar-refractivity contribution in [2.24, 2.45) is 0 Å². The van der Waals surface area contributed by atoms with Gasteiger partial charge in [-0.1, -0.05) is 11.6 Å². The van der Waals surface area contributed by atoms with Crippen molar-refractivity contribution in [3.63, 3.8) is 0 Å². The van der Waals surface area contributed by atoms with Gasteiger partial charge >= 0.3 is 11.8 Å². The van der Waals surface area contributed by atoms with E-state index in [2.05, 4.69) is 9.84 Å². The van der Waals surface area contributed by atoms with E-state index in [1.165, 1.54) is 18.0 Å². The van der Waals surface area contributed by atoms with Crippen LogP contribution in [0.5, 0.6) is 0 Å². The number of ether oxygens (including phenoxy) is 1. The number of methoxy groups -OCH3 is 1. The summed E-state index contributed by atoms with van der Waals surface area (Å²) in [6, 6.07) is 0. The number of nitro groups is 1. The molecular weight excluding hydrogens is 238 g/mol. The molecule has 0 spiro atoms. The smallest absolute Gasteiger partial charge is 0.408 e. The first-order valence-corrected chi connectivity index (χ1v) is 4.86. The van der Waals surface area contributed by atoms with E-state index in [1.807, 2.05) is 0 Å². The zero-order valence-corrected chi connectivity index (χ0v) is 9.31. The van der Waals surface area contributed by atoms with Crippen molar-refractivity contribution in [2.75, 3.05) is 7.11 Å². The van der Waals surface area contributed by atoms with Crippen molar-refractivity contribution in [1.29, 1.82) is 0 Å². The lowest BCUT2D eigenvalue weighted by Gasteiger charge is -1.97. The Balaban J connectivity index is 2.52. The number of halogens is 1. The molecule has 0 N–H and O–H groups in total. The van der Waals surface area contributed by atoms with E-state index < -0.39 is 4.92 Å². The Morgan fingerprint density at radius 2 is 2.44 bits per heavy atom. The summed E-state index contributed by atoms with van der Waals surface area (Å²) in [4.78, 5) is 20.6. The Morgan fingerprint density at radius 1 is 1.75 bits per heavy atom. The van der Waals surface area contributed by atoms with E-state index >= 15 is 0 Å². The van der Waals surface area contributed by atoms with Gasteiger partial charge in [0.25, 0.3) is 0 Å². The molecule has 1 aromatic rings. The Hall–Kier alpha value is -1.63. The van der Waals surface area contributed by atoms with Crippen molar-refractivity contribution in [2.45, 2.75) is 19.4 Å². The molecule has 0 aromatic carbocycles. The fraction of sp³-hybridized carbons (Fsp3) is 0.500. The second kappa shape index (κ2) is 5.45. The maximum atomic E-state index is 10.8. The van der Waals surface area contributed by atoms with Gasteiger partial charge in [0.1, 0.15) is 0 Å². The van der Waals surface area contributed by atoms with Crippen LogP contribution < -0.4 is 0 Å². The van der Waals surface area contributed by atoms with Crippen molar-refractivity contribution in [3.05, 3.63) is 21.3 Å². The van der Waals surface area contributed by atoms with Gasteiger partial charge in [-0.15, -0.1) is 0 Å². The minimum Gasteiger partial charge on any atom is -0.469 e. The highest BCUT2D eigenvalue weighted by molar-refractivity contribution is 6.32. The standard InChI is InChI=1S/C8H10ClN3O4/c1-16-7(13)3-2-4-11-5-6(9)8(10-11)12(14)15/h5H,2-4H2,1H3. The molecule has 0 amide bonds. The molecule has 0 saturated carbocycles. The number of aromatic nitrogens is 2. The lowest BCUT2D eigenvalue weighted by molar-refractivity contribution is -0.389. The summed E-state index contributed by atoms with van der Waals surface area (Å²) in [6.07, 6.45) is 2.08. The highest BCUT2D eigenvalue weighted by Gasteiger charge is 2.18. The summed E-state index contributed by atoms with van der Waals surface area (Å²) in [5.41, 5.74) is 0. The monoisotopic (exact) mass is 247 g/mol. The molecule has 8 heteroatoms. The van der Waals surface area contributed by atoms with E-state index in [0.29, 0.717) is 13.0 Å². The maximum absolute atomic E-state index is 10.8. The quantitative estimate of drug-likeness (QED) is 0.446. The summed E-state index contributed by atoms with van der Waals surface area (Å²) >= 11 is 5.59. The van der Waals surface area contributed by atoms with Crippen LogP contribution in [0.25, 0.3) is 0 Å². The fourth-order valence-electron chi connectivity index (χ4n) is 1.11. The molecule has 0 unspecified atom stereocenters. The first-order valence-electron chi connectivity index (χ1n) is 4.48. The Bertz CT molecular complexity index is 404. The number of hydrogen-bond acceptors (Lipinski definition) is 5. The molecular formula is C8H10ClN3O4. The lowest BCUT2D eigenvalue weighted by Crippen LogP contribution is -2.04. The number of esters is 1. The summed E-state index contributed by atoms with van der Waals surface area (Å²) in [6.45, 7) is 0.378. The third-order valence-corrected chi connectivity index (χ3v) is 2.13. The van der Waals surface area contributed by atoms with Crippen LogP contribution in [0.2, 0.25) is 5.02 Å². The Labute approximate surface area is 96.1 Å². The Kier molecular flexibility index (Phi) is 4.24. The molecule has 0 aliphatic heterocycles. The number of carbonyl (C=O) groups is 1. The summed E-state index contributed by atoms with van der Waals surface area (Å²) in [7, 11) is 1.30. The van der Waals surface area contributed by atoms with Crippen LogP contribution in [0, 0.1) is 10.1 Å². The lowest BCUT2D eigenvalue weighted by atomic mass is 10.3. The first-order chi connectivity index (χ1) is 7.54. The third-order valence-electron chi connectivity index (χ3n) is 1.87. The predicted molar refractivity (Wildman–Crippen MR) is 55.1 cm³/mol. The van der Waals surface area contributed by atoms with E-state index in [4.69, 9.17) is 11.6 Å². The number of rotatable bonds is 5. The highest BCUT2D eigenvalue weighted by atomic mass is 35.5. The minimum absolute atomic E-state index is 0.0110. The average molecular weight is 248 g/mol. The third kappa shape index (κ3) is 3.20. The van der Waals surface area contributed by atoms with Gasteiger partial charge in [0.05, 0.1) is 25.0 Å². The number of carbonyl (C=O) groups excluding carboxylic acids is 1. The van der Waals surface area contributed by atoms with E-state index in [9.17, 15) is 14.9 Å². The van der Waals surface area contributed by atoms with Gasteiger partial charge in [0.15, 0.2) is 5.02 Å². The molecule has 0 aliphatic carbocycles. The van der Waals surface area contributed by atoms with Gasteiger partial charge in [0, 0.05) is 6.42 Å². The summed E-state index contributed by atoms with van der Waals surface area (Å²) in [5, 5.41) is 14.1. The maximum Gasteiger partial charge on any atom is 0.408 e. The molecule has 1 aromatic heterocycles. The molecule has 1 rings (SSSR count). The molecule has 0 atom stereocenters. The zero-order chi connectivity index (χ0) is 12.1. The van der Waals surface area contributed by atoms with E-state index in [-0.39, 0.29) is 23.2 Å². The average Bonchev–Trinajstić information content (AvgIpc) is 2.59. The zero-order valence-electron chi connectivity index (χ0n) is 8.55. The van der Waals surface area contributed by atoms with Gasteiger partial charge < -0.3 is 14.9 Å². The van der Waals surface area contributed by atoms with E-state index in [0.717, 1.165) is 0 Å². The van der Waals surface area contributed by atoms with Crippen molar-refractivity contribution < 1.29 is 14.5 Å². The molecule has 88 valence electrons. The molecule has 0 saturated heterocycles. The van der Waals surface area contributed by atoms with Crippen LogP contribution in [0.1, 0.15) is 12.8 Å². The van der Waals surface area contributed by atoms with Crippen LogP contribution in [0.3, 0.4) is 0 Å². The topological polar surface area (TPSA) is 87.3 Å². The van der Waals surface area contributed by atoms with Crippen LogP contribution in [0.4, 0.5) is 5.82 Å². The van der Waals surface area contributed by atoms with Crippen LogP contribution in [-0.2, 0) is 16.1 Å². The van der Waals surface area contributed by atoms with Gasteiger partial charge in [0.2, 0.25) is 0 Å². The molecule has 7 nitrogen and oxygen atoms in total. The molecule has 0 aliphatic rings. The van der Waals surface area contributed by atoms with Gasteiger partial charge in [-0.2, -0.15) is 4.68 Å². The van der Waals surface area contributed by atoms with Crippen LogP contribution >= 0.6 is 11.6 Å². The van der Waals surface area contributed by atoms with Gasteiger partial charge in [-0.05, 0) is 11.3 Å². The molecule has 0 fully saturated rings. The summed E-state index contributed by atoms with van der Waals surface area (Å²) < 4.78 is 5.79. The second-order valence-electron chi connectivity index (χ2n) is 3.00. The van der Waals surface area contributed by atoms with Crippen LogP contribution in [0.15, 0.2) is 6.20 Å². The number of hydrogen-bond donors (Lipinski definition) is 0.